The van der Waals surface area contributed by atoms with E-state index in [-0.39, 0.29) is 18.6 Å². The number of halogens is 1. The molecule has 0 fully saturated rings. The van der Waals surface area contributed by atoms with Gasteiger partial charge in [-0.3, -0.25) is 0 Å². The smallest absolute Gasteiger partial charge is 0.0633 e. The lowest BCUT2D eigenvalue weighted by atomic mass is 9.84. The van der Waals surface area contributed by atoms with Gasteiger partial charge >= 0.3 is 0 Å². The topological polar surface area (TPSA) is 52.5 Å². The lowest BCUT2D eigenvalue weighted by Crippen LogP contribution is -2.48. The standard InChI is InChI=1S/C23H28ClNO2/c1-22(2,3)15-9-10-18-19(11-15)20(12-25-23(4,13-26)14-27)16-7-5-6-8-17(16)21(18)24/h5-11,25-27H,12-14H2,1-4H3. The molecule has 0 spiro atoms. The number of hydrogen-bond acceptors (Lipinski definition) is 3. The normalized spacial score (nSPS) is 12.9. The first-order chi connectivity index (χ1) is 12.7. The number of aliphatic hydroxyl groups is 2. The maximum atomic E-state index is 9.64. The molecule has 27 heavy (non-hydrogen) atoms. The summed E-state index contributed by atoms with van der Waals surface area (Å²) in [6.45, 7) is 8.66. The van der Waals surface area contributed by atoms with Gasteiger partial charge in [0.2, 0.25) is 0 Å². The van der Waals surface area contributed by atoms with Crippen molar-refractivity contribution in [3.8, 4) is 0 Å². The van der Waals surface area contributed by atoms with Crippen molar-refractivity contribution >= 4 is 33.1 Å². The lowest BCUT2D eigenvalue weighted by molar-refractivity contribution is 0.103. The second-order valence-corrected chi connectivity index (χ2v) is 8.96. The Morgan fingerprint density at radius 2 is 1.44 bits per heavy atom. The Labute approximate surface area is 166 Å². The lowest BCUT2D eigenvalue weighted by Gasteiger charge is -2.27. The first kappa shape index (κ1) is 20.1. The molecule has 3 N–H and O–H groups in total. The highest BCUT2D eigenvalue weighted by atomic mass is 35.5. The third-order valence-corrected chi connectivity index (χ3v) is 5.73. The first-order valence-electron chi connectivity index (χ1n) is 9.30. The van der Waals surface area contributed by atoms with Gasteiger partial charge in [0.25, 0.3) is 0 Å². The summed E-state index contributed by atoms with van der Waals surface area (Å²) in [5.74, 6) is 0. The fraction of sp³-hybridized carbons (Fsp3) is 0.391. The van der Waals surface area contributed by atoms with Crippen LogP contribution in [0.3, 0.4) is 0 Å². The van der Waals surface area contributed by atoms with Gasteiger partial charge in [-0.15, -0.1) is 0 Å². The minimum atomic E-state index is -0.741. The van der Waals surface area contributed by atoms with Crippen LogP contribution in [0.25, 0.3) is 21.5 Å². The van der Waals surface area contributed by atoms with E-state index in [2.05, 4.69) is 50.4 Å². The van der Waals surface area contributed by atoms with Crippen molar-refractivity contribution < 1.29 is 10.2 Å². The second-order valence-electron chi connectivity index (χ2n) is 8.58. The van der Waals surface area contributed by atoms with E-state index in [1.165, 1.54) is 5.56 Å². The fourth-order valence-electron chi connectivity index (χ4n) is 3.33. The highest BCUT2D eigenvalue weighted by Gasteiger charge is 2.23. The molecule has 0 saturated heterocycles. The molecule has 3 nitrogen and oxygen atoms in total. The number of rotatable bonds is 5. The number of hydrogen-bond donors (Lipinski definition) is 3. The predicted molar refractivity (Wildman–Crippen MR) is 115 cm³/mol. The molecule has 0 aliphatic carbocycles. The van der Waals surface area contributed by atoms with E-state index in [9.17, 15) is 10.2 Å². The predicted octanol–water partition coefficient (Wildman–Crippen LogP) is 4.78. The molecule has 0 atom stereocenters. The molecule has 0 bridgehead atoms. The minimum Gasteiger partial charge on any atom is -0.394 e. The third kappa shape index (κ3) is 3.83. The van der Waals surface area contributed by atoms with Crippen molar-refractivity contribution in [3.05, 3.63) is 58.6 Å². The molecule has 0 aromatic heterocycles. The van der Waals surface area contributed by atoms with Gasteiger partial charge in [-0.1, -0.05) is 74.8 Å². The fourth-order valence-corrected chi connectivity index (χ4v) is 3.66. The van der Waals surface area contributed by atoms with Gasteiger partial charge in [0, 0.05) is 17.3 Å². The SMILES string of the molecule is CC(CO)(CO)NCc1c2ccccc2c(Cl)c2ccc(C(C)(C)C)cc12. The summed E-state index contributed by atoms with van der Waals surface area (Å²) in [5.41, 5.74) is 1.66. The monoisotopic (exact) mass is 385 g/mol. The average molecular weight is 386 g/mol. The quantitative estimate of drug-likeness (QED) is 0.554. The molecule has 3 rings (SSSR count). The van der Waals surface area contributed by atoms with Crippen molar-refractivity contribution in [2.75, 3.05) is 13.2 Å². The molecule has 4 heteroatoms. The Morgan fingerprint density at radius 1 is 0.852 bits per heavy atom. The summed E-state index contributed by atoms with van der Waals surface area (Å²) in [6, 6.07) is 14.6. The largest absolute Gasteiger partial charge is 0.394 e. The summed E-state index contributed by atoms with van der Waals surface area (Å²) in [4.78, 5) is 0. The summed E-state index contributed by atoms with van der Waals surface area (Å²) >= 11 is 6.76. The van der Waals surface area contributed by atoms with E-state index in [1.807, 2.05) is 25.1 Å². The zero-order valence-electron chi connectivity index (χ0n) is 16.4. The first-order valence-corrected chi connectivity index (χ1v) is 9.68. The number of aliphatic hydroxyl groups excluding tert-OH is 2. The summed E-state index contributed by atoms with van der Waals surface area (Å²) in [6.07, 6.45) is 0. The van der Waals surface area contributed by atoms with Crippen LogP contribution in [0, 0.1) is 0 Å². The van der Waals surface area contributed by atoms with E-state index < -0.39 is 5.54 Å². The zero-order chi connectivity index (χ0) is 19.8. The second kappa shape index (κ2) is 7.40. The number of benzene rings is 3. The highest BCUT2D eigenvalue weighted by molar-refractivity contribution is 6.41. The number of nitrogens with one attached hydrogen (secondary N) is 1. The van der Waals surface area contributed by atoms with E-state index in [1.54, 1.807) is 0 Å². The van der Waals surface area contributed by atoms with Crippen molar-refractivity contribution in [1.29, 1.82) is 0 Å². The van der Waals surface area contributed by atoms with Gasteiger partial charge in [-0.2, -0.15) is 0 Å². The molecule has 144 valence electrons. The van der Waals surface area contributed by atoms with Gasteiger partial charge in [0.05, 0.1) is 23.8 Å². The zero-order valence-corrected chi connectivity index (χ0v) is 17.2. The molecule has 0 radical (unpaired) electrons. The van der Waals surface area contributed by atoms with Crippen LogP contribution in [0.15, 0.2) is 42.5 Å². The molecule has 3 aromatic rings. The molecule has 0 amide bonds. The number of fused-ring (bicyclic) bond motifs is 2. The molecule has 0 unspecified atom stereocenters. The van der Waals surface area contributed by atoms with Crippen LogP contribution in [-0.4, -0.2) is 29.0 Å². The van der Waals surface area contributed by atoms with Crippen LogP contribution >= 0.6 is 11.6 Å². The Hall–Kier alpha value is -1.65. The van der Waals surface area contributed by atoms with Gasteiger partial charge < -0.3 is 15.5 Å². The van der Waals surface area contributed by atoms with E-state index >= 15 is 0 Å². The van der Waals surface area contributed by atoms with Gasteiger partial charge in [-0.25, -0.2) is 0 Å². The minimum absolute atomic E-state index is 0.0295. The molecule has 0 saturated carbocycles. The van der Waals surface area contributed by atoms with Crippen molar-refractivity contribution in [1.82, 2.24) is 5.32 Å². The van der Waals surface area contributed by atoms with Crippen molar-refractivity contribution in [2.24, 2.45) is 0 Å². The molecule has 0 aliphatic heterocycles. The van der Waals surface area contributed by atoms with Crippen molar-refractivity contribution in [2.45, 2.75) is 45.2 Å². The molecule has 0 heterocycles. The summed E-state index contributed by atoms with van der Waals surface area (Å²) in [5, 5.41) is 27.6. The van der Waals surface area contributed by atoms with Crippen molar-refractivity contribution in [3.63, 3.8) is 0 Å². The molecule has 0 aliphatic rings. The van der Waals surface area contributed by atoms with Gasteiger partial charge in [-0.05, 0) is 34.2 Å². The summed E-state index contributed by atoms with van der Waals surface area (Å²) in [7, 11) is 0. The Morgan fingerprint density at radius 3 is 2.04 bits per heavy atom. The van der Waals surface area contributed by atoms with Crippen LogP contribution in [0.1, 0.15) is 38.8 Å². The van der Waals surface area contributed by atoms with Gasteiger partial charge in [0.15, 0.2) is 0 Å². The molecular formula is C23H28ClNO2. The highest BCUT2D eigenvalue weighted by Crippen LogP contribution is 2.38. The third-order valence-electron chi connectivity index (χ3n) is 5.33. The van der Waals surface area contributed by atoms with E-state index in [4.69, 9.17) is 11.6 Å². The summed E-state index contributed by atoms with van der Waals surface area (Å²) < 4.78 is 0. The van der Waals surface area contributed by atoms with Crippen LogP contribution in [0.2, 0.25) is 5.02 Å². The molecular weight excluding hydrogens is 358 g/mol. The van der Waals surface area contributed by atoms with Crippen LogP contribution < -0.4 is 5.32 Å². The Bertz CT molecular complexity index is 971. The average Bonchev–Trinajstić information content (AvgIpc) is 2.66. The van der Waals surface area contributed by atoms with E-state index in [0.29, 0.717) is 6.54 Å². The maximum Gasteiger partial charge on any atom is 0.0633 e. The van der Waals surface area contributed by atoms with Crippen LogP contribution in [0.4, 0.5) is 0 Å². The van der Waals surface area contributed by atoms with Gasteiger partial charge in [0.1, 0.15) is 0 Å². The van der Waals surface area contributed by atoms with Crippen LogP contribution in [0.5, 0.6) is 0 Å². The Kier molecular flexibility index (Phi) is 5.51. The maximum absolute atomic E-state index is 9.64. The van der Waals surface area contributed by atoms with E-state index in [0.717, 1.165) is 32.1 Å². The van der Waals surface area contributed by atoms with Crippen LogP contribution in [-0.2, 0) is 12.0 Å². The Balaban J connectivity index is 2.27. The molecule has 3 aromatic carbocycles.